The Morgan fingerprint density at radius 3 is 2.52 bits per heavy atom. The van der Waals surface area contributed by atoms with E-state index in [1.165, 1.54) is 27.8 Å². The van der Waals surface area contributed by atoms with Gasteiger partial charge in [-0.25, -0.2) is 0 Å². The molecule has 0 aromatic heterocycles. The summed E-state index contributed by atoms with van der Waals surface area (Å²) in [5.41, 5.74) is 6.58. The Morgan fingerprint density at radius 1 is 1.09 bits per heavy atom. The van der Waals surface area contributed by atoms with E-state index >= 15 is 0 Å². The van der Waals surface area contributed by atoms with Crippen molar-refractivity contribution in [2.24, 2.45) is 0 Å². The molecule has 0 atom stereocenters. The molecule has 0 N–H and O–H groups in total. The van der Waals surface area contributed by atoms with Gasteiger partial charge in [-0.3, -0.25) is 4.79 Å². The molecule has 2 aromatic rings. The molecule has 1 heterocycles. The minimum Gasteiger partial charge on any atom is -0.337 e. The van der Waals surface area contributed by atoms with Crippen molar-refractivity contribution in [2.45, 2.75) is 32.6 Å². The largest absolute Gasteiger partial charge is 0.337 e. The minimum atomic E-state index is 0.258. The van der Waals surface area contributed by atoms with Crippen LogP contribution < -0.4 is 0 Å². The van der Waals surface area contributed by atoms with E-state index in [1.807, 2.05) is 4.90 Å². The van der Waals surface area contributed by atoms with Gasteiger partial charge in [0.25, 0.3) is 0 Å². The van der Waals surface area contributed by atoms with Crippen LogP contribution in [0.1, 0.15) is 27.8 Å². The molecule has 3 heteroatoms. The van der Waals surface area contributed by atoms with Crippen molar-refractivity contribution < 1.29 is 4.79 Å². The number of thioether (sulfide) groups is 1. The Hall–Kier alpha value is -1.74. The molecule has 1 amide bonds. The zero-order chi connectivity index (χ0) is 16.2. The fraction of sp³-hybridized carbons (Fsp3) is 0.350. The summed E-state index contributed by atoms with van der Waals surface area (Å²) >= 11 is 1.72. The molecule has 0 spiro atoms. The molecule has 2 nitrogen and oxygen atoms in total. The highest BCUT2D eigenvalue weighted by molar-refractivity contribution is 7.99. The minimum absolute atomic E-state index is 0.258. The van der Waals surface area contributed by atoms with Crippen molar-refractivity contribution in [3.8, 4) is 0 Å². The number of carbonyl (C=O) groups excluding carboxylic acids is 1. The number of aryl methyl sites for hydroxylation is 2. The molecule has 0 aliphatic carbocycles. The molecule has 1 aliphatic rings. The second-order valence-corrected chi connectivity index (χ2v) is 7.31. The van der Waals surface area contributed by atoms with Gasteiger partial charge in [-0.05, 0) is 37.0 Å². The van der Waals surface area contributed by atoms with Gasteiger partial charge in [0.2, 0.25) is 5.91 Å². The second kappa shape index (κ2) is 7.22. The zero-order valence-corrected chi connectivity index (χ0v) is 14.7. The standard InChI is InChI=1S/C20H23NOS/c1-15-9-16(2)11-17(10-15)13-23-14-20(22)21-8-7-18-5-3-4-6-19(18)12-21/h3-6,9-11H,7-8,12-14H2,1-2H3. The SMILES string of the molecule is Cc1cc(C)cc(CSCC(=O)N2CCc3ccccc3C2)c1. The van der Waals surface area contributed by atoms with E-state index in [2.05, 4.69) is 56.3 Å². The number of hydrogen-bond acceptors (Lipinski definition) is 2. The molecule has 1 aliphatic heterocycles. The predicted molar refractivity (Wildman–Crippen MR) is 97.6 cm³/mol. The fourth-order valence-electron chi connectivity index (χ4n) is 3.21. The van der Waals surface area contributed by atoms with Crippen molar-refractivity contribution in [1.82, 2.24) is 4.90 Å². The first kappa shape index (κ1) is 16.1. The molecular weight excluding hydrogens is 302 g/mol. The lowest BCUT2D eigenvalue weighted by atomic mass is 10.00. The summed E-state index contributed by atoms with van der Waals surface area (Å²) in [4.78, 5) is 14.4. The average molecular weight is 325 g/mol. The molecule has 0 unspecified atom stereocenters. The molecule has 0 saturated heterocycles. The number of amides is 1. The molecule has 0 radical (unpaired) electrons. The average Bonchev–Trinajstić information content (AvgIpc) is 2.53. The van der Waals surface area contributed by atoms with Gasteiger partial charge >= 0.3 is 0 Å². The van der Waals surface area contributed by atoms with Crippen molar-refractivity contribution >= 4 is 17.7 Å². The van der Waals surface area contributed by atoms with Crippen molar-refractivity contribution in [1.29, 1.82) is 0 Å². The summed E-state index contributed by atoms with van der Waals surface area (Å²) in [6.07, 6.45) is 0.976. The molecule has 0 saturated carbocycles. The molecule has 3 rings (SSSR count). The van der Waals surface area contributed by atoms with E-state index in [0.29, 0.717) is 5.75 Å². The van der Waals surface area contributed by atoms with Crippen LogP contribution in [0.3, 0.4) is 0 Å². The first-order chi connectivity index (χ1) is 11.1. The zero-order valence-electron chi connectivity index (χ0n) is 13.8. The molecule has 0 bridgehead atoms. The lowest BCUT2D eigenvalue weighted by Gasteiger charge is -2.28. The second-order valence-electron chi connectivity index (χ2n) is 6.32. The van der Waals surface area contributed by atoms with E-state index in [1.54, 1.807) is 11.8 Å². The third kappa shape index (κ3) is 4.17. The van der Waals surface area contributed by atoms with Crippen molar-refractivity contribution in [3.63, 3.8) is 0 Å². The maximum absolute atomic E-state index is 12.4. The highest BCUT2D eigenvalue weighted by atomic mass is 32.2. The molecule has 0 fully saturated rings. The number of fused-ring (bicyclic) bond motifs is 1. The number of benzene rings is 2. The van der Waals surface area contributed by atoms with Crippen LogP contribution >= 0.6 is 11.8 Å². The van der Waals surface area contributed by atoms with Gasteiger partial charge in [-0.2, -0.15) is 0 Å². The lowest BCUT2D eigenvalue weighted by molar-refractivity contribution is -0.129. The summed E-state index contributed by atoms with van der Waals surface area (Å²) < 4.78 is 0. The van der Waals surface area contributed by atoms with E-state index in [9.17, 15) is 4.79 Å². The Labute approximate surface area is 142 Å². The smallest absolute Gasteiger partial charge is 0.232 e. The Bertz CT molecular complexity index is 690. The van der Waals surface area contributed by atoms with Crippen LogP contribution in [0.2, 0.25) is 0 Å². The summed E-state index contributed by atoms with van der Waals surface area (Å²) in [6, 6.07) is 15.1. The monoisotopic (exact) mass is 325 g/mol. The normalized spacial score (nSPS) is 13.7. The third-order valence-corrected chi connectivity index (χ3v) is 5.25. The van der Waals surface area contributed by atoms with E-state index in [4.69, 9.17) is 0 Å². The summed E-state index contributed by atoms with van der Waals surface area (Å²) in [6.45, 7) is 5.86. The van der Waals surface area contributed by atoms with Gasteiger partial charge in [-0.15, -0.1) is 11.8 Å². The molecular formula is C20H23NOS. The van der Waals surface area contributed by atoms with Crippen LogP contribution in [0.4, 0.5) is 0 Å². The number of carbonyl (C=O) groups is 1. The van der Waals surface area contributed by atoms with E-state index in [0.717, 1.165) is 25.3 Å². The van der Waals surface area contributed by atoms with Crippen LogP contribution in [-0.4, -0.2) is 23.1 Å². The van der Waals surface area contributed by atoms with Crippen LogP contribution in [0.25, 0.3) is 0 Å². The third-order valence-electron chi connectivity index (χ3n) is 4.26. The molecule has 23 heavy (non-hydrogen) atoms. The first-order valence-corrected chi connectivity index (χ1v) is 9.27. The lowest BCUT2D eigenvalue weighted by Crippen LogP contribution is -2.37. The number of hydrogen-bond donors (Lipinski definition) is 0. The van der Waals surface area contributed by atoms with Gasteiger partial charge in [0.15, 0.2) is 0 Å². The Morgan fingerprint density at radius 2 is 1.78 bits per heavy atom. The van der Waals surface area contributed by atoms with Crippen LogP contribution in [0, 0.1) is 13.8 Å². The Kier molecular flexibility index (Phi) is 5.06. The first-order valence-electron chi connectivity index (χ1n) is 8.11. The van der Waals surface area contributed by atoms with E-state index < -0.39 is 0 Å². The fourth-order valence-corrected chi connectivity index (χ4v) is 4.07. The highest BCUT2D eigenvalue weighted by Crippen LogP contribution is 2.21. The quantitative estimate of drug-likeness (QED) is 0.843. The van der Waals surface area contributed by atoms with Gasteiger partial charge in [0, 0.05) is 18.8 Å². The van der Waals surface area contributed by atoms with Crippen molar-refractivity contribution in [2.75, 3.05) is 12.3 Å². The van der Waals surface area contributed by atoms with Gasteiger partial charge in [0.1, 0.15) is 0 Å². The Balaban J connectivity index is 1.52. The molecule has 2 aromatic carbocycles. The summed E-state index contributed by atoms with van der Waals surface area (Å²) in [5, 5.41) is 0. The van der Waals surface area contributed by atoms with Gasteiger partial charge in [-0.1, -0.05) is 53.6 Å². The van der Waals surface area contributed by atoms with E-state index in [-0.39, 0.29) is 5.91 Å². The maximum atomic E-state index is 12.4. The van der Waals surface area contributed by atoms with Gasteiger partial charge in [0.05, 0.1) is 5.75 Å². The van der Waals surface area contributed by atoms with Crippen molar-refractivity contribution in [3.05, 3.63) is 70.3 Å². The number of nitrogens with zero attached hydrogens (tertiary/aromatic N) is 1. The topological polar surface area (TPSA) is 20.3 Å². The highest BCUT2D eigenvalue weighted by Gasteiger charge is 2.19. The van der Waals surface area contributed by atoms with Gasteiger partial charge < -0.3 is 4.90 Å². The maximum Gasteiger partial charge on any atom is 0.232 e. The summed E-state index contributed by atoms with van der Waals surface area (Å²) in [5.74, 6) is 1.72. The predicted octanol–water partition coefficient (Wildman–Crippen LogP) is 4.12. The van der Waals surface area contributed by atoms with Crippen LogP contribution in [0.15, 0.2) is 42.5 Å². The van der Waals surface area contributed by atoms with Crippen LogP contribution in [-0.2, 0) is 23.5 Å². The van der Waals surface area contributed by atoms with Crippen LogP contribution in [0.5, 0.6) is 0 Å². The summed E-state index contributed by atoms with van der Waals surface area (Å²) in [7, 11) is 0. The number of rotatable bonds is 4. The molecule has 120 valence electrons.